The number of anilines is 1. The number of fused-ring (bicyclic) bond motifs is 1. The van der Waals surface area contributed by atoms with Crippen LogP contribution in [-0.4, -0.2) is 30.4 Å². The van der Waals surface area contributed by atoms with Gasteiger partial charge in [-0.15, -0.1) is 0 Å². The summed E-state index contributed by atoms with van der Waals surface area (Å²) in [5.41, 5.74) is 2.10. The summed E-state index contributed by atoms with van der Waals surface area (Å²) in [6.07, 6.45) is 2.75. The lowest BCUT2D eigenvalue weighted by atomic mass is 10.0. The highest BCUT2D eigenvalue weighted by Gasteiger charge is 2.16. The molecule has 0 radical (unpaired) electrons. The summed E-state index contributed by atoms with van der Waals surface area (Å²) in [6.45, 7) is 2.26. The summed E-state index contributed by atoms with van der Waals surface area (Å²) >= 11 is 0. The number of aryl methyl sites for hydroxylation is 1. The number of carbonyl (C=O) groups is 1. The van der Waals surface area contributed by atoms with E-state index in [9.17, 15) is 13.2 Å². The Bertz CT molecular complexity index is 1350. The Morgan fingerprint density at radius 1 is 1.03 bits per heavy atom. The van der Waals surface area contributed by atoms with Crippen LogP contribution in [0.3, 0.4) is 0 Å². The van der Waals surface area contributed by atoms with Crippen molar-refractivity contribution < 1.29 is 13.2 Å². The van der Waals surface area contributed by atoms with Gasteiger partial charge in [-0.25, -0.2) is 13.1 Å². The van der Waals surface area contributed by atoms with Crippen molar-refractivity contribution in [3.8, 4) is 0 Å². The van der Waals surface area contributed by atoms with Crippen molar-refractivity contribution in [2.75, 3.05) is 11.6 Å². The van der Waals surface area contributed by atoms with E-state index >= 15 is 0 Å². The molecule has 0 aliphatic heterocycles. The Morgan fingerprint density at radius 3 is 2.60 bits per heavy atom. The van der Waals surface area contributed by atoms with Gasteiger partial charge in [0.2, 0.25) is 0 Å². The number of nitrogens with one attached hydrogen (secondary N) is 1. The first kappa shape index (κ1) is 19.8. The second-order valence-electron chi connectivity index (χ2n) is 7.22. The molecule has 1 amide bonds. The second-order valence-corrected chi connectivity index (χ2v) is 9.23. The number of benzene rings is 3. The molecule has 0 fully saturated rings. The molecule has 0 saturated heterocycles. The van der Waals surface area contributed by atoms with E-state index in [-0.39, 0.29) is 10.8 Å². The zero-order chi connectivity index (χ0) is 21.3. The molecular formula is C23H21N3O3S. The summed E-state index contributed by atoms with van der Waals surface area (Å²) in [7, 11) is -3.40. The fourth-order valence-corrected chi connectivity index (χ4v) is 4.06. The van der Waals surface area contributed by atoms with Crippen molar-refractivity contribution >= 4 is 32.3 Å². The van der Waals surface area contributed by atoms with Gasteiger partial charge in [0.1, 0.15) is 5.82 Å². The van der Waals surface area contributed by atoms with Gasteiger partial charge in [0, 0.05) is 17.9 Å². The minimum absolute atomic E-state index is 0.113. The maximum atomic E-state index is 12.9. The molecule has 0 atom stereocenters. The van der Waals surface area contributed by atoms with Gasteiger partial charge in [-0.1, -0.05) is 48.5 Å². The number of rotatable bonds is 5. The molecule has 0 unspecified atom stereocenters. The van der Waals surface area contributed by atoms with Crippen LogP contribution in [0.1, 0.15) is 21.5 Å². The fourth-order valence-electron chi connectivity index (χ4n) is 3.42. The minimum Gasteiger partial charge on any atom is -0.307 e. The van der Waals surface area contributed by atoms with Gasteiger partial charge >= 0.3 is 0 Å². The first-order valence-corrected chi connectivity index (χ1v) is 11.3. The lowest BCUT2D eigenvalue weighted by Gasteiger charge is -2.12. The Hall–Kier alpha value is -3.45. The van der Waals surface area contributed by atoms with E-state index in [2.05, 4.69) is 28.6 Å². The van der Waals surface area contributed by atoms with Crippen LogP contribution in [0.15, 0.2) is 77.8 Å². The molecule has 7 heteroatoms. The van der Waals surface area contributed by atoms with Gasteiger partial charge in [0.05, 0.1) is 17.6 Å². The van der Waals surface area contributed by atoms with Crippen LogP contribution in [0.25, 0.3) is 10.8 Å². The summed E-state index contributed by atoms with van der Waals surface area (Å²) in [4.78, 5) is 13.0. The van der Waals surface area contributed by atoms with E-state index < -0.39 is 9.84 Å². The lowest BCUT2D eigenvalue weighted by molar-refractivity contribution is 0.102. The second kappa shape index (κ2) is 7.76. The summed E-state index contributed by atoms with van der Waals surface area (Å²) in [5.74, 6) is 0.162. The highest BCUT2D eigenvalue weighted by Crippen LogP contribution is 2.22. The average Bonchev–Trinajstić information content (AvgIpc) is 3.14. The molecule has 4 aromatic rings. The van der Waals surface area contributed by atoms with Crippen molar-refractivity contribution in [1.82, 2.24) is 9.78 Å². The monoisotopic (exact) mass is 419 g/mol. The third kappa shape index (κ3) is 3.97. The largest absolute Gasteiger partial charge is 0.307 e. The molecule has 4 rings (SSSR count). The van der Waals surface area contributed by atoms with Crippen molar-refractivity contribution in [2.24, 2.45) is 0 Å². The molecular weight excluding hydrogens is 398 g/mol. The van der Waals surface area contributed by atoms with E-state index in [0.29, 0.717) is 23.5 Å². The highest BCUT2D eigenvalue weighted by molar-refractivity contribution is 7.90. The normalized spacial score (nSPS) is 11.5. The maximum Gasteiger partial charge on any atom is 0.257 e. The third-order valence-electron chi connectivity index (χ3n) is 5.04. The van der Waals surface area contributed by atoms with Gasteiger partial charge in [-0.3, -0.25) is 4.79 Å². The number of hydrogen-bond acceptors (Lipinski definition) is 4. The Kier molecular flexibility index (Phi) is 5.13. The number of amides is 1. The topological polar surface area (TPSA) is 81.1 Å². The zero-order valence-electron chi connectivity index (χ0n) is 16.7. The Labute approximate surface area is 175 Å². The van der Waals surface area contributed by atoms with Gasteiger partial charge in [0.15, 0.2) is 9.84 Å². The van der Waals surface area contributed by atoms with Crippen LogP contribution in [0.5, 0.6) is 0 Å². The van der Waals surface area contributed by atoms with Crippen LogP contribution >= 0.6 is 0 Å². The maximum absolute atomic E-state index is 12.9. The van der Waals surface area contributed by atoms with Gasteiger partial charge in [-0.2, -0.15) is 5.10 Å². The Morgan fingerprint density at radius 2 is 1.80 bits per heavy atom. The zero-order valence-corrected chi connectivity index (χ0v) is 17.5. The number of carbonyl (C=O) groups excluding carboxylic acids is 1. The highest BCUT2D eigenvalue weighted by atomic mass is 32.2. The fraction of sp³-hybridized carbons (Fsp3) is 0.130. The Balaban J connectivity index is 1.62. The SMILES string of the molecule is Cc1ccc(S(C)(=O)=O)cc1C(=O)Nc1ccnn1Cc1cccc2ccccc12. The number of hydrogen-bond donors (Lipinski definition) is 1. The van der Waals surface area contributed by atoms with Crippen LogP contribution in [0, 0.1) is 6.92 Å². The summed E-state index contributed by atoms with van der Waals surface area (Å²) in [6, 6.07) is 20.5. The standard InChI is InChI=1S/C23H21N3O3S/c1-16-10-11-19(30(2,28)29)14-21(16)23(27)25-22-12-13-24-26(22)15-18-8-5-7-17-6-3-4-9-20(17)18/h3-14H,15H2,1-2H3,(H,25,27). The van der Waals surface area contributed by atoms with E-state index in [1.165, 1.54) is 12.1 Å². The smallest absolute Gasteiger partial charge is 0.257 e. The molecule has 6 nitrogen and oxygen atoms in total. The number of aromatic nitrogens is 2. The third-order valence-corrected chi connectivity index (χ3v) is 6.15. The molecule has 152 valence electrons. The quantitative estimate of drug-likeness (QED) is 0.529. The predicted octanol–water partition coefficient (Wildman–Crippen LogP) is 4.05. The van der Waals surface area contributed by atoms with Gasteiger partial charge in [0.25, 0.3) is 5.91 Å². The van der Waals surface area contributed by atoms with Gasteiger partial charge < -0.3 is 5.32 Å². The van der Waals surface area contributed by atoms with Gasteiger partial charge in [-0.05, 0) is 41.0 Å². The van der Waals surface area contributed by atoms with E-state index in [0.717, 1.165) is 22.6 Å². The molecule has 30 heavy (non-hydrogen) atoms. The molecule has 0 bridgehead atoms. The van der Waals surface area contributed by atoms with Crippen molar-refractivity contribution in [3.05, 3.63) is 89.6 Å². The molecule has 1 aromatic heterocycles. The molecule has 0 aliphatic carbocycles. The van der Waals surface area contributed by atoms with E-state index in [1.54, 1.807) is 29.9 Å². The van der Waals surface area contributed by atoms with Crippen molar-refractivity contribution in [2.45, 2.75) is 18.4 Å². The first-order chi connectivity index (χ1) is 14.3. The van der Waals surface area contributed by atoms with Crippen molar-refractivity contribution in [3.63, 3.8) is 0 Å². The molecule has 0 saturated carbocycles. The first-order valence-electron chi connectivity index (χ1n) is 9.43. The molecule has 1 heterocycles. The molecule has 0 spiro atoms. The number of sulfone groups is 1. The molecule has 0 aliphatic rings. The summed E-state index contributed by atoms with van der Waals surface area (Å²) < 4.78 is 25.4. The number of nitrogens with zero attached hydrogens (tertiary/aromatic N) is 2. The van der Waals surface area contributed by atoms with E-state index in [1.807, 2.05) is 24.3 Å². The van der Waals surface area contributed by atoms with Crippen LogP contribution in [-0.2, 0) is 16.4 Å². The van der Waals surface area contributed by atoms with E-state index in [4.69, 9.17) is 0 Å². The minimum atomic E-state index is -3.40. The van der Waals surface area contributed by atoms with Crippen LogP contribution < -0.4 is 5.32 Å². The van der Waals surface area contributed by atoms with Crippen molar-refractivity contribution in [1.29, 1.82) is 0 Å². The lowest BCUT2D eigenvalue weighted by Crippen LogP contribution is -2.18. The molecule has 3 aromatic carbocycles. The van der Waals surface area contributed by atoms with Crippen LogP contribution in [0.2, 0.25) is 0 Å². The average molecular weight is 420 g/mol. The molecule has 1 N–H and O–H groups in total. The predicted molar refractivity (Wildman–Crippen MR) is 118 cm³/mol. The van der Waals surface area contributed by atoms with Crippen LogP contribution in [0.4, 0.5) is 5.82 Å². The summed E-state index contributed by atoms with van der Waals surface area (Å²) in [5, 5.41) is 9.48.